The first-order valence-electron chi connectivity index (χ1n) is 5.69. The van der Waals surface area contributed by atoms with Gasteiger partial charge in [-0.05, 0) is 34.1 Å². The van der Waals surface area contributed by atoms with Gasteiger partial charge in [0.1, 0.15) is 0 Å². The minimum absolute atomic E-state index is 0.205. The van der Waals surface area contributed by atoms with Crippen LogP contribution >= 0.6 is 0 Å². The van der Waals surface area contributed by atoms with Gasteiger partial charge in [0.2, 0.25) is 0 Å². The molecule has 0 atom stereocenters. The van der Waals surface area contributed by atoms with Gasteiger partial charge in [0, 0.05) is 5.92 Å². The van der Waals surface area contributed by atoms with Crippen molar-refractivity contribution in [3.63, 3.8) is 0 Å². The van der Waals surface area contributed by atoms with Crippen LogP contribution in [0.15, 0.2) is 0 Å². The van der Waals surface area contributed by atoms with Gasteiger partial charge >= 0.3 is 0 Å². The third-order valence-corrected chi connectivity index (χ3v) is 2.24. The van der Waals surface area contributed by atoms with E-state index >= 15 is 0 Å². The van der Waals surface area contributed by atoms with Crippen LogP contribution in [0.5, 0.6) is 0 Å². The van der Waals surface area contributed by atoms with E-state index in [2.05, 4.69) is 48.5 Å². The molecule has 0 radical (unpaired) electrons. The fourth-order valence-corrected chi connectivity index (χ4v) is 1.67. The molecule has 0 N–H and O–H groups in total. The molecule has 0 aromatic rings. The molecule has 0 aliphatic rings. The van der Waals surface area contributed by atoms with Crippen LogP contribution in [0.1, 0.15) is 54.9 Å². The van der Waals surface area contributed by atoms with Crippen molar-refractivity contribution in [1.29, 1.82) is 0 Å². The summed E-state index contributed by atoms with van der Waals surface area (Å²) in [4.78, 5) is 0. The summed E-state index contributed by atoms with van der Waals surface area (Å²) in [5, 5.41) is 0. The van der Waals surface area contributed by atoms with Gasteiger partial charge in [-0.2, -0.15) is 0 Å². The van der Waals surface area contributed by atoms with E-state index in [4.69, 9.17) is 9.47 Å². The van der Waals surface area contributed by atoms with Gasteiger partial charge in [-0.1, -0.05) is 20.8 Å². The topological polar surface area (TPSA) is 18.5 Å². The maximum atomic E-state index is 5.94. The lowest BCUT2D eigenvalue weighted by Crippen LogP contribution is -2.44. The van der Waals surface area contributed by atoms with Crippen molar-refractivity contribution in [2.75, 3.05) is 0 Å². The lowest BCUT2D eigenvalue weighted by molar-refractivity contribution is -0.292. The Morgan fingerprint density at radius 1 is 0.857 bits per heavy atom. The van der Waals surface area contributed by atoms with Crippen molar-refractivity contribution in [3.8, 4) is 0 Å². The molecular formula is C12H26O2. The number of hydrogen-bond donors (Lipinski definition) is 0. The van der Waals surface area contributed by atoms with Crippen molar-refractivity contribution >= 4 is 0 Å². The Kier molecular flexibility index (Phi) is 5.68. The molecule has 0 aliphatic carbocycles. The van der Waals surface area contributed by atoms with Crippen LogP contribution in [-0.4, -0.2) is 18.0 Å². The third kappa shape index (κ3) is 3.97. The first-order valence-corrected chi connectivity index (χ1v) is 5.69. The highest BCUT2D eigenvalue weighted by Gasteiger charge is 2.35. The zero-order chi connectivity index (χ0) is 11.4. The number of rotatable bonds is 6. The van der Waals surface area contributed by atoms with E-state index < -0.39 is 5.79 Å². The Bertz CT molecular complexity index is 140. The molecule has 0 saturated heterocycles. The summed E-state index contributed by atoms with van der Waals surface area (Å²) in [6.07, 6.45) is 1.30. The average Bonchev–Trinajstić information content (AvgIpc) is 2.00. The molecule has 0 aromatic carbocycles. The standard InChI is InChI=1S/C12H26O2/c1-8-12(9(2)3,13-10(4)5)14-11(6)7/h9-11H,8H2,1-7H3. The monoisotopic (exact) mass is 202 g/mol. The van der Waals surface area contributed by atoms with Gasteiger partial charge in [-0.15, -0.1) is 0 Å². The van der Waals surface area contributed by atoms with Crippen molar-refractivity contribution in [2.45, 2.75) is 72.9 Å². The summed E-state index contributed by atoms with van der Waals surface area (Å²) in [7, 11) is 0. The van der Waals surface area contributed by atoms with Crippen LogP contribution in [0.2, 0.25) is 0 Å². The Labute approximate surface area is 89.0 Å². The van der Waals surface area contributed by atoms with E-state index in [1.165, 1.54) is 0 Å². The Balaban J connectivity index is 4.60. The van der Waals surface area contributed by atoms with Crippen LogP contribution < -0.4 is 0 Å². The van der Waals surface area contributed by atoms with Gasteiger partial charge in [-0.3, -0.25) is 0 Å². The first-order chi connectivity index (χ1) is 6.34. The average molecular weight is 202 g/mol. The fraction of sp³-hybridized carbons (Fsp3) is 1.00. The largest absolute Gasteiger partial charge is 0.347 e. The molecule has 86 valence electrons. The molecular weight excluding hydrogens is 176 g/mol. The lowest BCUT2D eigenvalue weighted by Gasteiger charge is -2.39. The quantitative estimate of drug-likeness (QED) is 0.613. The van der Waals surface area contributed by atoms with Crippen molar-refractivity contribution < 1.29 is 9.47 Å². The summed E-state index contributed by atoms with van der Waals surface area (Å²) in [6.45, 7) is 14.6. The van der Waals surface area contributed by atoms with E-state index in [9.17, 15) is 0 Å². The minimum atomic E-state index is -0.414. The molecule has 0 aromatic heterocycles. The highest BCUT2D eigenvalue weighted by atomic mass is 16.7. The van der Waals surface area contributed by atoms with Crippen LogP contribution in [0, 0.1) is 5.92 Å². The first kappa shape index (κ1) is 13.9. The zero-order valence-corrected chi connectivity index (χ0v) is 10.8. The molecule has 0 bridgehead atoms. The second kappa shape index (κ2) is 5.72. The fourth-order valence-electron chi connectivity index (χ4n) is 1.67. The summed E-state index contributed by atoms with van der Waals surface area (Å²) in [5.41, 5.74) is 0. The van der Waals surface area contributed by atoms with Crippen LogP contribution in [0.4, 0.5) is 0 Å². The van der Waals surface area contributed by atoms with Crippen molar-refractivity contribution in [1.82, 2.24) is 0 Å². The molecule has 0 spiro atoms. The molecule has 0 amide bonds. The second-order valence-corrected chi connectivity index (χ2v) is 4.65. The summed E-state index contributed by atoms with van der Waals surface area (Å²) in [6, 6.07) is 0. The maximum absolute atomic E-state index is 5.94. The molecule has 2 nitrogen and oxygen atoms in total. The zero-order valence-electron chi connectivity index (χ0n) is 10.8. The molecule has 0 unspecified atom stereocenters. The second-order valence-electron chi connectivity index (χ2n) is 4.65. The molecule has 0 aliphatic heterocycles. The van der Waals surface area contributed by atoms with E-state index in [-0.39, 0.29) is 12.2 Å². The predicted molar refractivity (Wildman–Crippen MR) is 60.3 cm³/mol. The van der Waals surface area contributed by atoms with E-state index in [1.807, 2.05) is 0 Å². The van der Waals surface area contributed by atoms with Gasteiger partial charge < -0.3 is 9.47 Å². The Morgan fingerprint density at radius 2 is 1.21 bits per heavy atom. The molecule has 0 rings (SSSR count). The van der Waals surface area contributed by atoms with Gasteiger partial charge in [-0.25, -0.2) is 0 Å². The van der Waals surface area contributed by atoms with Crippen molar-refractivity contribution in [2.24, 2.45) is 5.92 Å². The Morgan fingerprint density at radius 3 is 1.36 bits per heavy atom. The summed E-state index contributed by atoms with van der Waals surface area (Å²) >= 11 is 0. The van der Waals surface area contributed by atoms with Gasteiger partial charge in [0.05, 0.1) is 12.2 Å². The molecule has 0 saturated carbocycles. The smallest absolute Gasteiger partial charge is 0.170 e. The highest BCUT2D eigenvalue weighted by Crippen LogP contribution is 2.30. The van der Waals surface area contributed by atoms with E-state index in [1.54, 1.807) is 0 Å². The molecule has 0 heterocycles. The van der Waals surface area contributed by atoms with Gasteiger partial charge in [0.15, 0.2) is 5.79 Å². The van der Waals surface area contributed by atoms with Gasteiger partial charge in [0.25, 0.3) is 0 Å². The van der Waals surface area contributed by atoms with Crippen LogP contribution in [-0.2, 0) is 9.47 Å². The van der Waals surface area contributed by atoms with Crippen LogP contribution in [0.25, 0.3) is 0 Å². The summed E-state index contributed by atoms with van der Waals surface area (Å²) < 4.78 is 11.9. The predicted octanol–water partition coefficient (Wildman–Crippen LogP) is 3.60. The number of hydrogen-bond acceptors (Lipinski definition) is 2. The SMILES string of the molecule is CCC(OC(C)C)(OC(C)C)C(C)C. The Hall–Kier alpha value is -0.0800. The van der Waals surface area contributed by atoms with E-state index in [0.29, 0.717) is 5.92 Å². The minimum Gasteiger partial charge on any atom is -0.347 e. The maximum Gasteiger partial charge on any atom is 0.170 e. The third-order valence-electron chi connectivity index (χ3n) is 2.24. The van der Waals surface area contributed by atoms with Crippen molar-refractivity contribution in [3.05, 3.63) is 0 Å². The molecule has 0 fully saturated rings. The lowest BCUT2D eigenvalue weighted by atomic mass is 9.99. The summed E-state index contributed by atoms with van der Waals surface area (Å²) in [5.74, 6) is -0.0419. The van der Waals surface area contributed by atoms with E-state index in [0.717, 1.165) is 6.42 Å². The molecule has 2 heteroatoms. The highest BCUT2D eigenvalue weighted by molar-refractivity contribution is 4.74. The number of ether oxygens (including phenoxy) is 2. The van der Waals surface area contributed by atoms with Crippen LogP contribution in [0.3, 0.4) is 0 Å². The molecule has 14 heavy (non-hydrogen) atoms. The normalized spacial score (nSPS) is 13.3.